The lowest BCUT2D eigenvalue weighted by Gasteiger charge is -2.12. The van der Waals surface area contributed by atoms with Crippen molar-refractivity contribution in [1.29, 1.82) is 0 Å². The van der Waals surface area contributed by atoms with Gasteiger partial charge < -0.3 is 10.5 Å². The molecule has 2 heterocycles. The molecule has 4 aromatic rings. The smallest absolute Gasteiger partial charge is 0.332 e. The van der Waals surface area contributed by atoms with Crippen LogP contribution in [-0.4, -0.2) is 42.5 Å². The molecular formula is C24H24N6O4S. The molecule has 0 atom stereocenters. The number of nitrogens with two attached hydrogens (primary N) is 1. The minimum absolute atomic E-state index is 0.121. The lowest BCUT2D eigenvalue weighted by molar-refractivity contribution is 0.102. The van der Waals surface area contributed by atoms with Crippen LogP contribution in [0.1, 0.15) is 15.9 Å². The maximum Gasteiger partial charge on any atom is 0.332 e. The van der Waals surface area contributed by atoms with E-state index in [0.717, 1.165) is 37.7 Å². The number of nitrogen functional groups attached to an aromatic ring is 1. The minimum Gasteiger partial charge on any atom is -0.497 e. The molecule has 0 saturated carbocycles. The van der Waals surface area contributed by atoms with Crippen LogP contribution in [-0.2, 0) is 14.1 Å². The number of thioether (sulfide) groups is 1. The van der Waals surface area contributed by atoms with Crippen LogP contribution in [0.4, 0.5) is 5.82 Å². The van der Waals surface area contributed by atoms with Crippen molar-refractivity contribution in [3.8, 4) is 22.8 Å². The van der Waals surface area contributed by atoms with Gasteiger partial charge in [-0.1, -0.05) is 29.5 Å². The molecule has 4 rings (SSSR count). The molecule has 0 aliphatic rings. The molecule has 0 saturated heterocycles. The maximum absolute atomic E-state index is 13.0. The molecule has 11 heteroatoms. The number of rotatable bonds is 7. The summed E-state index contributed by atoms with van der Waals surface area (Å²) < 4.78 is 9.04. The Balaban J connectivity index is 1.72. The molecule has 2 N–H and O–H groups in total. The highest BCUT2D eigenvalue weighted by molar-refractivity contribution is 7.99. The number of hydrogen-bond acceptors (Lipinski definition) is 8. The molecule has 0 bridgehead atoms. The zero-order valence-electron chi connectivity index (χ0n) is 19.7. The summed E-state index contributed by atoms with van der Waals surface area (Å²) in [4.78, 5) is 37.7. The van der Waals surface area contributed by atoms with Crippen LogP contribution in [0.5, 0.6) is 5.75 Å². The fourth-order valence-electron chi connectivity index (χ4n) is 3.54. The molecule has 10 nitrogen and oxygen atoms in total. The molecule has 0 aliphatic heterocycles. The molecule has 0 aliphatic carbocycles. The van der Waals surface area contributed by atoms with E-state index >= 15 is 0 Å². The number of ether oxygens (including phenoxy) is 1. The van der Waals surface area contributed by atoms with Gasteiger partial charge in [-0.2, -0.15) is 0 Å². The Morgan fingerprint density at radius 3 is 2.29 bits per heavy atom. The number of benzene rings is 2. The minimum atomic E-state index is -0.727. The lowest BCUT2D eigenvalue weighted by atomic mass is 10.2. The second-order valence-corrected chi connectivity index (χ2v) is 8.83. The highest BCUT2D eigenvalue weighted by Gasteiger charge is 2.22. The molecule has 0 spiro atoms. The van der Waals surface area contributed by atoms with Crippen molar-refractivity contribution < 1.29 is 9.53 Å². The third-order valence-electron chi connectivity index (χ3n) is 5.59. The number of aryl methyl sites for hydroxylation is 1. The quantitative estimate of drug-likeness (QED) is 0.307. The molecular weight excluding hydrogens is 468 g/mol. The summed E-state index contributed by atoms with van der Waals surface area (Å²) in [5, 5.41) is 9.15. The third kappa shape index (κ3) is 4.50. The lowest BCUT2D eigenvalue weighted by Crippen LogP contribution is -2.41. The molecule has 35 heavy (non-hydrogen) atoms. The van der Waals surface area contributed by atoms with E-state index < -0.39 is 17.0 Å². The van der Waals surface area contributed by atoms with Crippen molar-refractivity contribution in [2.75, 3.05) is 18.6 Å². The molecule has 0 amide bonds. The summed E-state index contributed by atoms with van der Waals surface area (Å²) in [6.45, 7) is 1.99. The number of nitrogens with zero attached hydrogens (tertiary/aromatic N) is 5. The Labute approximate surface area is 205 Å². The number of hydrogen-bond donors (Lipinski definition) is 1. The van der Waals surface area contributed by atoms with E-state index in [-0.39, 0.29) is 17.1 Å². The number of carbonyl (C=O) groups excluding carboxylic acids is 1. The molecule has 0 fully saturated rings. The number of methoxy groups -OCH3 is 1. The fraction of sp³-hybridized carbons (Fsp3) is 0.208. The molecule has 0 radical (unpaired) electrons. The van der Waals surface area contributed by atoms with E-state index in [1.807, 2.05) is 60.0 Å². The van der Waals surface area contributed by atoms with Crippen LogP contribution >= 0.6 is 11.8 Å². The summed E-state index contributed by atoms with van der Waals surface area (Å²) >= 11 is 1.13. The van der Waals surface area contributed by atoms with Gasteiger partial charge in [0.05, 0.1) is 12.9 Å². The fourth-order valence-corrected chi connectivity index (χ4v) is 4.37. The summed E-state index contributed by atoms with van der Waals surface area (Å²) in [5.74, 6) is 0.510. The second-order valence-electron chi connectivity index (χ2n) is 7.88. The first-order valence-electron chi connectivity index (χ1n) is 10.6. The van der Waals surface area contributed by atoms with Gasteiger partial charge in [-0.15, -0.1) is 10.2 Å². The van der Waals surface area contributed by atoms with E-state index in [1.54, 1.807) is 7.11 Å². The van der Waals surface area contributed by atoms with E-state index in [4.69, 9.17) is 10.5 Å². The normalized spacial score (nSPS) is 11.0. The van der Waals surface area contributed by atoms with Crippen molar-refractivity contribution in [1.82, 2.24) is 23.9 Å². The predicted molar refractivity (Wildman–Crippen MR) is 134 cm³/mol. The Hall–Kier alpha value is -4.12. The van der Waals surface area contributed by atoms with Gasteiger partial charge in [0.25, 0.3) is 5.56 Å². The second kappa shape index (κ2) is 9.63. The zero-order chi connectivity index (χ0) is 25.3. The van der Waals surface area contributed by atoms with Crippen molar-refractivity contribution in [2.24, 2.45) is 14.1 Å². The Morgan fingerprint density at radius 1 is 1.00 bits per heavy atom. The maximum atomic E-state index is 13.0. The summed E-state index contributed by atoms with van der Waals surface area (Å²) in [6.07, 6.45) is 0. The van der Waals surface area contributed by atoms with Gasteiger partial charge in [0.2, 0.25) is 0 Å². The van der Waals surface area contributed by atoms with Gasteiger partial charge in [-0.25, -0.2) is 4.79 Å². The first-order valence-corrected chi connectivity index (χ1v) is 11.6. The van der Waals surface area contributed by atoms with Crippen molar-refractivity contribution in [2.45, 2.75) is 12.1 Å². The number of anilines is 1. The first kappa shape index (κ1) is 24.0. The Bertz CT molecular complexity index is 1520. The molecule has 180 valence electrons. The van der Waals surface area contributed by atoms with Gasteiger partial charge >= 0.3 is 5.69 Å². The van der Waals surface area contributed by atoms with Gasteiger partial charge in [-0.05, 0) is 43.3 Å². The largest absolute Gasteiger partial charge is 0.497 e. The van der Waals surface area contributed by atoms with Crippen molar-refractivity contribution in [3.63, 3.8) is 0 Å². The molecule has 2 aromatic carbocycles. The van der Waals surface area contributed by atoms with Crippen LogP contribution in [0.2, 0.25) is 0 Å². The van der Waals surface area contributed by atoms with Crippen LogP contribution in [0.25, 0.3) is 17.1 Å². The zero-order valence-corrected chi connectivity index (χ0v) is 20.5. The number of Topliss-reactive ketones (excluding diaryl/α,β-unsaturated/α-hetero) is 1. The monoisotopic (exact) mass is 492 g/mol. The summed E-state index contributed by atoms with van der Waals surface area (Å²) in [7, 11) is 4.32. The average Bonchev–Trinajstić information content (AvgIpc) is 3.29. The van der Waals surface area contributed by atoms with Crippen LogP contribution in [0, 0.1) is 6.92 Å². The van der Waals surface area contributed by atoms with E-state index in [0.29, 0.717) is 16.7 Å². The Morgan fingerprint density at radius 2 is 1.66 bits per heavy atom. The van der Waals surface area contributed by atoms with Gasteiger partial charge in [-0.3, -0.25) is 23.3 Å². The number of carbonyl (C=O) groups is 1. The average molecular weight is 493 g/mol. The van der Waals surface area contributed by atoms with E-state index in [1.165, 1.54) is 14.1 Å². The van der Waals surface area contributed by atoms with Gasteiger partial charge in [0.15, 0.2) is 16.8 Å². The number of ketones is 1. The van der Waals surface area contributed by atoms with Crippen LogP contribution in [0.15, 0.2) is 63.3 Å². The van der Waals surface area contributed by atoms with Crippen LogP contribution < -0.4 is 21.7 Å². The van der Waals surface area contributed by atoms with Gasteiger partial charge in [0, 0.05) is 25.3 Å². The standard InChI is InChI=1S/C24H24N6O4S/c1-14-5-9-16(10-6-14)30-21(15-7-11-17(34-4)12-8-15)26-27-23(30)35-13-18(31)19-20(25)28(2)24(33)29(3)22(19)32/h5-12H,13,25H2,1-4H3. The van der Waals surface area contributed by atoms with Crippen molar-refractivity contribution in [3.05, 3.63) is 80.5 Å². The number of aromatic nitrogens is 5. The van der Waals surface area contributed by atoms with Crippen LogP contribution in [0.3, 0.4) is 0 Å². The third-order valence-corrected chi connectivity index (χ3v) is 6.52. The topological polar surface area (TPSA) is 127 Å². The SMILES string of the molecule is COc1ccc(-c2nnc(SCC(=O)c3c(N)n(C)c(=O)n(C)c3=O)n2-c2ccc(C)cc2)cc1. The summed E-state index contributed by atoms with van der Waals surface area (Å²) in [5.41, 5.74) is 7.12. The highest BCUT2D eigenvalue weighted by atomic mass is 32.2. The Kier molecular flexibility index (Phi) is 6.61. The summed E-state index contributed by atoms with van der Waals surface area (Å²) in [6, 6.07) is 15.3. The van der Waals surface area contributed by atoms with E-state index in [9.17, 15) is 14.4 Å². The molecule has 2 aromatic heterocycles. The van der Waals surface area contributed by atoms with E-state index in [2.05, 4.69) is 10.2 Å². The van der Waals surface area contributed by atoms with Gasteiger partial charge in [0.1, 0.15) is 17.1 Å². The highest BCUT2D eigenvalue weighted by Crippen LogP contribution is 2.29. The molecule has 0 unspecified atom stereocenters. The van der Waals surface area contributed by atoms with Crippen molar-refractivity contribution >= 4 is 23.4 Å². The predicted octanol–water partition coefficient (Wildman–Crippen LogP) is 2.21. The first-order chi connectivity index (χ1) is 16.7.